The van der Waals surface area contributed by atoms with Gasteiger partial charge in [-0.05, 0) is 31.0 Å². The van der Waals surface area contributed by atoms with Gasteiger partial charge in [0.2, 0.25) is 0 Å². The highest BCUT2D eigenvalue weighted by molar-refractivity contribution is 5.88. The van der Waals surface area contributed by atoms with Crippen molar-refractivity contribution < 1.29 is 9.53 Å². The first-order chi connectivity index (χ1) is 8.72. The summed E-state index contributed by atoms with van der Waals surface area (Å²) in [5.74, 6) is 0.501. The van der Waals surface area contributed by atoms with Crippen molar-refractivity contribution in [3.63, 3.8) is 0 Å². The number of hydrogen-bond donors (Lipinski definition) is 0. The largest absolute Gasteiger partial charge is 0.465 e. The molecule has 1 aromatic heterocycles. The zero-order valence-corrected chi connectivity index (χ0v) is 11.1. The Morgan fingerprint density at radius 1 is 1.56 bits per heavy atom. The summed E-state index contributed by atoms with van der Waals surface area (Å²) in [5, 5.41) is 0. The van der Waals surface area contributed by atoms with E-state index in [0.29, 0.717) is 5.56 Å². The van der Waals surface area contributed by atoms with Crippen molar-refractivity contribution in [3.05, 3.63) is 29.6 Å². The highest BCUT2D eigenvalue weighted by atomic mass is 16.5. The van der Waals surface area contributed by atoms with Crippen LogP contribution in [0.15, 0.2) is 18.3 Å². The van der Waals surface area contributed by atoms with E-state index in [1.54, 1.807) is 12.3 Å². The van der Waals surface area contributed by atoms with E-state index in [4.69, 9.17) is 0 Å². The van der Waals surface area contributed by atoms with Crippen molar-refractivity contribution in [2.24, 2.45) is 5.92 Å². The number of hydrogen-bond acceptors (Lipinski definition) is 4. The summed E-state index contributed by atoms with van der Waals surface area (Å²) in [6, 6.07) is 3.69. The fraction of sp³-hybridized carbons (Fsp3) is 0.571. The number of carbonyl (C=O) groups is 1. The minimum absolute atomic E-state index is 0.332. The van der Waals surface area contributed by atoms with Crippen LogP contribution in [0.1, 0.15) is 35.8 Å². The van der Waals surface area contributed by atoms with Crippen molar-refractivity contribution in [2.45, 2.75) is 26.3 Å². The van der Waals surface area contributed by atoms with Crippen molar-refractivity contribution in [1.82, 2.24) is 9.88 Å². The summed E-state index contributed by atoms with van der Waals surface area (Å²) in [7, 11) is 1.38. The maximum atomic E-state index is 11.3. The molecule has 1 aliphatic rings. The quantitative estimate of drug-likeness (QED) is 0.765. The molecule has 0 amide bonds. The molecule has 1 saturated heterocycles. The minimum atomic E-state index is -0.332. The molecular formula is C14H20N2O2. The van der Waals surface area contributed by atoms with E-state index in [9.17, 15) is 4.79 Å². The van der Waals surface area contributed by atoms with E-state index in [1.165, 1.54) is 20.0 Å². The van der Waals surface area contributed by atoms with Crippen LogP contribution in [0.5, 0.6) is 0 Å². The number of rotatable bonds is 4. The molecule has 0 saturated carbocycles. The number of aromatic nitrogens is 1. The Kier molecular flexibility index (Phi) is 4.31. The normalized spacial score (nSPS) is 20.0. The Bertz CT molecular complexity index is 403. The second kappa shape index (κ2) is 5.96. The lowest BCUT2D eigenvalue weighted by molar-refractivity contribution is 0.0600. The summed E-state index contributed by atoms with van der Waals surface area (Å²) < 4.78 is 4.65. The van der Waals surface area contributed by atoms with Crippen LogP contribution in [0.3, 0.4) is 0 Å². The second-order valence-electron chi connectivity index (χ2n) is 4.83. The Morgan fingerprint density at radius 3 is 2.94 bits per heavy atom. The lowest BCUT2D eigenvalue weighted by atomic mass is 10.1. The fourth-order valence-corrected chi connectivity index (χ4v) is 2.38. The average molecular weight is 248 g/mol. The van der Waals surface area contributed by atoms with E-state index in [1.807, 2.05) is 6.07 Å². The average Bonchev–Trinajstić information content (AvgIpc) is 2.86. The lowest BCUT2D eigenvalue weighted by Gasteiger charge is -2.15. The number of esters is 1. The van der Waals surface area contributed by atoms with Gasteiger partial charge in [0.25, 0.3) is 0 Å². The van der Waals surface area contributed by atoms with Crippen LogP contribution in [-0.2, 0) is 11.3 Å². The zero-order valence-electron chi connectivity index (χ0n) is 11.1. The van der Waals surface area contributed by atoms with Crippen LogP contribution in [0.2, 0.25) is 0 Å². The first-order valence-electron chi connectivity index (χ1n) is 6.48. The van der Waals surface area contributed by atoms with Crippen molar-refractivity contribution >= 4 is 5.97 Å². The van der Waals surface area contributed by atoms with Gasteiger partial charge >= 0.3 is 5.97 Å². The number of ether oxygens (including phenoxy) is 1. The maximum Gasteiger partial charge on any atom is 0.339 e. The van der Waals surface area contributed by atoms with Crippen LogP contribution in [-0.4, -0.2) is 36.1 Å². The van der Waals surface area contributed by atoms with E-state index >= 15 is 0 Å². The third-order valence-corrected chi connectivity index (χ3v) is 3.58. The Hall–Kier alpha value is -1.42. The first-order valence-corrected chi connectivity index (χ1v) is 6.48. The van der Waals surface area contributed by atoms with Crippen molar-refractivity contribution in [3.8, 4) is 0 Å². The first kappa shape index (κ1) is 13.0. The predicted octanol–water partition coefficient (Wildman–Crippen LogP) is 2.10. The molecule has 2 heterocycles. The van der Waals surface area contributed by atoms with Gasteiger partial charge in [0, 0.05) is 19.3 Å². The van der Waals surface area contributed by atoms with Gasteiger partial charge < -0.3 is 4.74 Å². The Balaban J connectivity index is 1.92. The monoisotopic (exact) mass is 248 g/mol. The molecule has 2 rings (SSSR count). The summed E-state index contributed by atoms with van der Waals surface area (Å²) in [6.07, 6.45) is 4.14. The van der Waals surface area contributed by atoms with Gasteiger partial charge in [-0.2, -0.15) is 0 Å². The van der Waals surface area contributed by atoms with Gasteiger partial charge in [-0.3, -0.25) is 9.88 Å². The van der Waals surface area contributed by atoms with Crippen LogP contribution >= 0.6 is 0 Å². The summed E-state index contributed by atoms with van der Waals surface area (Å²) >= 11 is 0. The molecule has 1 aliphatic heterocycles. The van der Waals surface area contributed by atoms with Crippen molar-refractivity contribution in [1.29, 1.82) is 0 Å². The summed E-state index contributed by atoms with van der Waals surface area (Å²) in [6.45, 7) is 5.44. The lowest BCUT2D eigenvalue weighted by Crippen LogP contribution is -2.20. The summed E-state index contributed by atoms with van der Waals surface area (Å²) in [4.78, 5) is 18.0. The van der Waals surface area contributed by atoms with Gasteiger partial charge in [0.15, 0.2) is 0 Å². The van der Waals surface area contributed by atoms with Crippen molar-refractivity contribution in [2.75, 3.05) is 20.2 Å². The fourth-order valence-electron chi connectivity index (χ4n) is 2.38. The summed E-state index contributed by atoms with van der Waals surface area (Å²) in [5.41, 5.74) is 1.52. The molecule has 1 atom stereocenters. The molecule has 1 unspecified atom stereocenters. The van der Waals surface area contributed by atoms with Crippen LogP contribution in [0.25, 0.3) is 0 Å². The van der Waals surface area contributed by atoms with Gasteiger partial charge in [-0.25, -0.2) is 4.79 Å². The SMILES string of the molecule is CCC1CCN(Cc2ccc(C(=O)OC)cn2)C1. The molecule has 0 N–H and O–H groups in total. The van der Waals surface area contributed by atoms with E-state index < -0.39 is 0 Å². The molecule has 4 nitrogen and oxygen atoms in total. The highest BCUT2D eigenvalue weighted by Gasteiger charge is 2.21. The zero-order chi connectivity index (χ0) is 13.0. The Labute approximate surface area is 108 Å². The van der Waals surface area contributed by atoms with E-state index in [0.717, 1.165) is 31.2 Å². The number of carbonyl (C=O) groups excluding carboxylic acids is 1. The van der Waals surface area contributed by atoms with Gasteiger partial charge in [-0.15, -0.1) is 0 Å². The molecule has 0 spiro atoms. The van der Waals surface area contributed by atoms with E-state index in [2.05, 4.69) is 21.5 Å². The van der Waals surface area contributed by atoms with E-state index in [-0.39, 0.29) is 5.97 Å². The molecule has 0 aliphatic carbocycles. The minimum Gasteiger partial charge on any atom is -0.465 e. The highest BCUT2D eigenvalue weighted by Crippen LogP contribution is 2.20. The standard InChI is InChI=1S/C14H20N2O2/c1-3-11-6-7-16(9-11)10-13-5-4-12(8-15-13)14(17)18-2/h4-5,8,11H,3,6-7,9-10H2,1-2H3. The smallest absolute Gasteiger partial charge is 0.339 e. The molecule has 1 aromatic rings. The number of likely N-dealkylation sites (tertiary alicyclic amines) is 1. The molecule has 4 heteroatoms. The number of pyridine rings is 1. The van der Waals surface area contributed by atoms with Crippen LogP contribution < -0.4 is 0 Å². The topological polar surface area (TPSA) is 42.4 Å². The molecule has 0 bridgehead atoms. The van der Waals surface area contributed by atoms with Gasteiger partial charge in [0.05, 0.1) is 18.4 Å². The molecular weight excluding hydrogens is 228 g/mol. The van der Waals surface area contributed by atoms with Gasteiger partial charge in [0.1, 0.15) is 0 Å². The van der Waals surface area contributed by atoms with Gasteiger partial charge in [-0.1, -0.05) is 13.3 Å². The molecule has 1 fully saturated rings. The molecule has 18 heavy (non-hydrogen) atoms. The number of methoxy groups -OCH3 is 1. The van der Waals surface area contributed by atoms with Crippen LogP contribution in [0, 0.1) is 5.92 Å². The third-order valence-electron chi connectivity index (χ3n) is 3.58. The molecule has 0 radical (unpaired) electrons. The Morgan fingerprint density at radius 2 is 2.39 bits per heavy atom. The molecule has 0 aromatic carbocycles. The number of nitrogens with zero attached hydrogens (tertiary/aromatic N) is 2. The maximum absolute atomic E-state index is 11.3. The third kappa shape index (κ3) is 3.07. The second-order valence-corrected chi connectivity index (χ2v) is 4.83. The molecule has 98 valence electrons. The van der Waals surface area contributed by atoms with Crippen LogP contribution in [0.4, 0.5) is 0 Å². The predicted molar refractivity (Wildman–Crippen MR) is 69.3 cm³/mol.